The lowest BCUT2D eigenvalue weighted by molar-refractivity contribution is 0.0640. The highest BCUT2D eigenvalue weighted by Gasteiger charge is 2.26. The van der Waals surface area contributed by atoms with Gasteiger partial charge in [-0.1, -0.05) is 6.92 Å². The Labute approximate surface area is 119 Å². The van der Waals surface area contributed by atoms with Crippen molar-refractivity contribution in [2.75, 3.05) is 32.1 Å². The second kappa shape index (κ2) is 6.62. The van der Waals surface area contributed by atoms with Crippen LogP contribution < -0.4 is 11.3 Å². The maximum absolute atomic E-state index is 12.4. The number of hydrogen-bond donors (Lipinski definition) is 2. The van der Waals surface area contributed by atoms with Gasteiger partial charge in [0.2, 0.25) is 0 Å². The van der Waals surface area contributed by atoms with Crippen LogP contribution in [0.4, 0.5) is 5.82 Å². The number of nitrogens with zero attached hydrogens (tertiary/aromatic N) is 4. The number of carbonyl (C=O) groups excluding carboxylic acids is 1. The zero-order chi connectivity index (χ0) is 14.5. The van der Waals surface area contributed by atoms with E-state index in [4.69, 9.17) is 5.84 Å². The highest BCUT2D eigenvalue weighted by Crippen LogP contribution is 2.17. The normalized spacial score (nSPS) is 16.9. The van der Waals surface area contributed by atoms with Gasteiger partial charge in [-0.2, -0.15) is 0 Å². The van der Waals surface area contributed by atoms with E-state index in [0.29, 0.717) is 11.5 Å². The fourth-order valence-electron chi connectivity index (χ4n) is 2.49. The summed E-state index contributed by atoms with van der Waals surface area (Å²) in [4.78, 5) is 16.5. The second-order valence-corrected chi connectivity index (χ2v) is 5.03. The summed E-state index contributed by atoms with van der Waals surface area (Å²) in [6.07, 6.45) is 2.01. The van der Waals surface area contributed by atoms with Crippen molar-refractivity contribution in [3.8, 4) is 0 Å². The summed E-state index contributed by atoms with van der Waals surface area (Å²) in [5.41, 5.74) is 2.74. The molecule has 7 heteroatoms. The SMILES string of the molecule is CCN1CCC(N(C)C(=O)c2ccc(NN)nn2)CC1. The molecule has 0 atom stereocenters. The molecule has 3 N–H and O–H groups in total. The molecule has 0 aliphatic carbocycles. The van der Waals surface area contributed by atoms with Crippen molar-refractivity contribution >= 4 is 11.7 Å². The average molecular weight is 278 g/mol. The fraction of sp³-hybridized carbons (Fsp3) is 0.615. The van der Waals surface area contributed by atoms with E-state index in [2.05, 4.69) is 27.4 Å². The first kappa shape index (κ1) is 14.7. The maximum atomic E-state index is 12.4. The molecule has 2 heterocycles. The van der Waals surface area contributed by atoms with Gasteiger partial charge < -0.3 is 15.2 Å². The third-order valence-corrected chi connectivity index (χ3v) is 3.90. The maximum Gasteiger partial charge on any atom is 0.274 e. The van der Waals surface area contributed by atoms with Gasteiger partial charge in [-0.3, -0.25) is 4.79 Å². The minimum atomic E-state index is -0.0870. The molecule has 1 amide bonds. The predicted molar refractivity (Wildman–Crippen MR) is 77.1 cm³/mol. The molecule has 0 aromatic carbocycles. The van der Waals surface area contributed by atoms with Gasteiger partial charge >= 0.3 is 0 Å². The van der Waals surface area contributed by atoms with Gasteiger partial charge in [0.15, 0.2) is 11.5 Å². The summed E-state index contributed by atoms with van der Waals surface area (Å²) in [7, 11) is 1.84. The number of nitrogens with one attached hydrogen (secondary N) is 1. The number of likely N-dealkylation sites (tertiary alicyclic amines) is 1. The Hall–Kier alpha value is -1.73. The van der Waals surface area contributed by atoms with Crippen molar-refractivity contribution in [3.05, 3.63) is 17.8 Å². The van der Waals surface area contributed by atoms with E-state index in [9.17, 15) is 4.79 Å². The van der Waals surface area contributed by atoms with Crippen molar-refractivity contribution in [2.45, 2.75) is 25.8 Å². The standard InChI is InChI=1S/C13H22N6O/c1-3-19-8-6-10(7-9-19)18(2)13(20)11-4-5-12(15-14)17-16-11/h4-5,10H,3,6-9,14H2,1-2H3,(H,15,17). The third-order valence-electron chi connectivity index (χ3n) is 3.90. The molecule has 2 rings (SSSR count). The van der Waals surface area contributed by atoms with Crippen molar-refractivity contribution in [1.29, 1.82) is 0 Å². The fourth-order valence-corrected chi connectivity index (χ4v) is 2.49. The zero-order valence-electron chi connectivity index (χ0n) is 12.0. The number of aromatic nitrogens is 2. The molecule has 110 valence electrons. The smallest absolute Gasteiger partial charge is 0.274 e. The Morgan fingerprint density at radius 1 is 1.45 bits per heavy atom. The molecule has 1 saturated heterocycles. The van der Waals surface area contributed by atoms with Gasteiger partial charge in [0, 0.05) is 26.2 Å². The Kier molecular flexibility index (Phi) is 4.86. The van der Waals surface area contributed by atoms with Crippen LogP contribution >= 0.6 is 0 Å². The van der Waals surface area contributed by atoms with E-state index < -0.39 is 0 Å². The van der Waals surface area contributed by atoms with Crippen LogP contribution in [0.5, 0.6) is 0 Å². The third kappa shape index (κ3) is 3.23. The average Bonchev–Trinajstić information content (AvgIpc) is 2.53. The Morgan fingerprint density at radius 2 is 2.15 bits per heavy atom. The van der Waals surface area contributed by atoms with Crippen molar-refractivity contribution in [3.63, 3.8) is 0 Å². The van der Waals surface area contributed by atoms with E-state index >= 15 is 0 Å². The van der Waals surface area contributed by atoms with Gasteiger partial charge in [0.25, 0.3) is 5.91 Å². The second-order valence-electron chi connectivity index (χ2n) is 5.03. The van der Waals surface area contributed by atoms with Crippen molar-refractivity contribution in [1.82, 2.24) is 20.0 Å². The van der Waals surface area contributed by atoms with Gasteiger partial charge in [0.05, 0.1) is 0 Å². The van der Waals surface area contributed by atoms with Crippen LogP contribution in [0.1, 0.15) is 30.3 Å². The molecule has 0 bridgehead atoms. The van der Waals surface area contributed by atoms with Gasteiger partial charge in [-0.15, -0.1) is 10.2 Å². The van der Waals surface area contributed by atoms with Crippen LogP contribution in [0, 0.1) is 0 Å². The molecular formula is C13H22N6O. The van der Waals surface area contributed by atoms with Crippen LogP contribution in [-0.4, -0.2) is 58.6 Å². The first-order chi connectivity index (χ1) is 9.65. The van der Waals surface area contributed by atoms with Crippen LogP contribution in [0.25, 0.3) is 0 Å². The Balaban J connectivity index is 1.97. The number of nitrogens with two attached hydrogens (primary N) is 1. The van der Waals surface area contributed by atoms with E-state index in [1.807, 2.05) is 7.05 Å². The molecule has 1 aromatic heterocycles. The summed E-state index contributed by atoms with van der Waals surface area (Å²) in [6.45, 7) is 5.32. The lowest BCUT2D eigenvalue weighted by atomic mass is 10.0. The number of carbonyl (C=O) groups is 1. The lowest BCUT2D eigenvalue weighted by Crippen LogP contribution is -2.45. The number of hydrogen-bond acceptors (Lipinski definition) is 6. The quantitative estimate of drug-likeness (QED) is 0.609. The van der Waals surface area contributed by atoms with E-state index in [1.54, 1.807) is 17.0 Å². The highest BCUT2D eigenvalue weighted by atomic mass is 16.2. The summed E-state index contributed by atoms with van der Waals surface area (Å²) in [5.74, 6) is 5.58. The molecule has 0 saturated carbocycles. The molecule has 20 heavy (non-hydrogen) atoms. The van der Waals surface area contributed by atoms with Crippen molar-refractivity contribution < 1.29 is 4.79 Å². The molecule has 1 fully saturated rings. The topological polar surface area (TPSA) is 87.4 Å². The molecule has 1 aliphatic heterocycles. The largest absolute Gasteiger partial charge is 0.337 e. The van der Waals surface area contributed by atoms with E-state index in [1.165, 1.54) is 0 Å². The summed E-state index contributed by atoms with van der Waals surface area (Å²) >= 11 is 0. The minimum Gasteiger partial charge on any atom is -0.337 e. The van der Waals surface area contributed by atoms with Crippen LogP contribution in [0.15, 0.2) is 12.1 Å². The monoisotopic (exact) mass is 278 g/mol. The minimum absolute atomic E-state index is 0.0870. The first-order valence-electron chi connectivity index (χ1n) is 6.95. The number of hydrazine groups is 1. The number of amides is 1. The van der Waals surface area contributed by atoms with Crippen LogP contribution in [0.2, 0.25) is 0 Å². The first-order valence-corrected chi connectivity index (χ1v) is 6.95. The van der Waals surface area contributed by atoms with Gasteiger partial charge in [-0.25, -0.2) is 5.84 Å². The molecule has 1 aliphatic rings. The number of piperidine rings is 1. The summed E-state index contributed by atoms with van der Waals surface area (Å²) < 4.78 is 0. The number of anilines is 1. The van der Waals surface area contributed by atoms with Gasteiger partial charge in [0.1, 0.15) is 0 Å². The zero-order valence-corrected chi connectivity index (χ0v) is 12.0. The molecule has 0 radical (unpaired) electrons. The predicted octanol–water partition coefficient (Wildman–Crippen LogP) is 0.319. The molecule has 7 nitrogen and oxygen atoms in total. The number of nitrogen functional groups attached to an aromatic ring is 1. The summed E-state index contributed by atoms with van der Waals surface area (Å²) in [6, 6.07) is 3.56. The molecule has 1 aromatic rings. The molecule has 0 spiro atoms. The lowest BCUT2D eigenvalue weighted by Gasteiger charge is -2.36. The van der Waals surface area contributed by atoms with E-state index in [-0.39, 0.29) is 11.9 Å². The molecule has 0 unspecified atom stereocenters. The van der Waals surface area contributed by atoms with Crippen LogP contribution in [-0.2, 0) is 0 Å². The molecular weight excluding hydrogens is 256 g/mol. The summed E-state index contributed by atoms with van der Waals surface area (Å²) in [5, 5.41) is 7.73. The van der Waals surface area contributed by atoms with Gasteiger partial charge in [-0.05, 0) is 31.5 Å². The van der Waals surface area contributed by atoms with Crippen LogP contribution in [0.3, 0.4) is 0 Å². The Morgan fingerprint density at radius 3 is 2.65 bits per heavy atom. The van der Waals surface area contributed by atoms with E-state index in [0.717, 1.165) is 32.5 Å². The number of rotatable bonds is 4. The highest BCUT2D eigenvalue weighted by molar-refractivity contribution is 5.92. The van der Waals surface area contributed by atoms with Crippen molar-refractivity contribution in [2.24, 2.45) is 5.84 Å². The Bertz CT molecular complexity index is 441.